The van der Waals surface area contributed by atoms with Gasteiger partial charge >= 0.3 is 0 Å². The van der Waals surface area contributed by atoms with Crippen LogP contribution in [0.3, 0.4) is 0 Å². The molecule has 0 amide bonds. The van der Waals surface area contributed by atoms with Crippen LogP contribution in [0.1, 0.15) is 31.9 Å². The molecule has 4 rings (SSSR count). The minimum absolute atomic E-state index is 0.127. The Morgan fingerprint density at radius 3 is 2.92 bits per heavy atom. The molecule has 0 radical (unpaired) electrons. The lowest BCUT2D eigenvalue weighted by atomic mass is 9.93. The van der Waals surface area contributed by atoms with E-state index in [1.165, 1.54) is 0 Å². The highest BCUT2D eigenvalue weighted by Gasteiger charge is 2.27. The zero-order chi connectivity index (χ0) is 16.7. The van der Waals surface area contributed by atoms with Crippen LogP contribution in [0.15, 0.2) is 45.3 Å². The molecule has 122 valence electrons. The third-order valence-corrected chi connectivity index (χ3v) is 3.82. The summed E-state index contributed by atoms with van der Waals surface area (Å²) in [5.41, 5.74) is 2.51. The van der Waals surface area contributed by atoms with E-state index in [0.29, 0.717) is 18.1 Å². The number of fused-ring (bicyclic) bond motifs is 1. The van der Waals surface area contributed by atoms with E-state index < -0.39 is 5.60 Å². The van der Waals surface area contributed by atoms with Gasteiger partial charge in [-0.25, -0.2) is 0 Å². The molecule has 1 atom stereocenters. The van der Waals surface area contributed by atoms with Crippen molar-refractivity contribution in [2.24, 2.45) is 10.2 Å². The smallest absolute Gasteiger partial charge is 0.258 e. The summed E-state index contributed by atoms with van der Waals surface area (Å²) in [5.74, 6) is 0.885. The van der Waals surface area contributed by atoms with E-state index in [2.05, 4.69) is 30.6 Å². The molecule has 2 N–H and O–H groups in total. The Hall–Kier alpha value is -2.87. The summed E-state index contributed by atoms with van der Waals surface area (Å²) >= 11 is 0. The first-order valence-electron chi connectivity index (χ1n) is 7.60. The van der Waals surface area contributed by atoms with E-state index >= 15 is 0 Å². The van der Waals surface area contributed by atoms with Gasteiger partial charge in [-0.2, -0.15) is 20.3 Å². The number of hydrogen-bond acceptors (Lipinski definition) is 7. The van der Waals surface area contributed by atoms with Crippen LogP contribution in [0.25, 0.3) is 22.8 Å². The predicted octanol–water partition coefficient (Wildman–Crippen LogP) is 3.43. The van der Waals surface area contributed by atoms with Crippen molar-refractivity contribution in [3.63, 3.8) is 0 Å². The normalized spacial score (nSPS) is 16.5. The monoisotopic (exact) mass is 324 g/mol. The Bertz CT molecular complexity index is 892. The van der Waals surface area contributed by atoms with E-state index in [0.717, 1.165) is 22.4 Å². The number of hydrogen-bond donors (Lipinski definition) is 2. The van der Waals surface area contributed by atoms with Gasteiger partial charge in [-0.05, 0) is 26.0 Å². The fraction of sp³-hybridized carbons (Fsp3) is 0.312. The van der Waals surface area contributed by atoms with Crippen LogP contribution in [-0.2, 0) is 0 Å². The minimum atomic E-state index is -0.796. The molecule has 1 aliphatic rings. The highest BCUT2D eigenvalue weighted by atomic mass is 16.5. The standard InChI is InChI=1S/C16H16N6O2/c1-16(2,23)6-13-11-4-3-9(5-12(11)20-21-13)15-19-14(22-24-15)10-7-17-18-8-10/h3-5,7-8,13,23H,6H2,1-2H3,(H,17,18). The predicted molar refractivity (Wildman–Crippen MR) is 85.5 cm³/mol. The van der Waals surface area contributed by atoms with Gasteiger partial charge in [-0.3, -0.25) is 5.10 Å². The van der Waals surface area contributed by atoms with E-state index in [1.807, 2.05) is 18.2 Å². The molecule has 0 saturated carbocycles. The van der Waals surface area contributed by atoms with E-state index in [9.17, 15) is 5.11 Å². The lowest BCUT2D eigenvalue weighted by Gasteiger charge is -2.19. The molecule has 3 heterocycles. The quantitative estimate of drug-likeness (QED) is 0.763. The average Bonchev–Trinajstić information content (AvgIpc) is 3.26. The lowest BCUT2D eigenvalue weighted by molar-refractivity contribution is 0.0637. The Labute approximate surface area is 137 Å². The minimum Gasteiger partial charge on any atom is -0.390 e. The molecule has 0 aliphatic carbocycles. The third-order valence-electron chi connectivity index (χ3n) is 3.82. The molecule has 0 fully saturated rings. The molecule has 2 aromatic heterocycles. The Balaban J connectivity index is 1.62. The van der Waals surface area contributed by atoms with E-state index in [4.69, 9.17) is 4.52 Å². The van der Waals surface area contributed by atoms with Gasteiger partial charge in [0.1, 0.15) is 6.04 Å². The largest absolute Gasteiger partial charge is 0.390 e. The molecule has 0 saturated heterocycles. The van der Waals surface area contributed by atoms with Crippen molar-refractivity contribution in [1.29, 1.82) is 0 Å². The summed E-state index contributed by atoms with van der Waals surface area (Å²) in [4.78, 5) is 4.38. The molecule has 3 aromatic rings. The number of aliphatic hydroxyl groups is 1. The van der Waals surface area contributed by atoms with Crippen LogP contribution in [0.5, 0.6) is 0 Å². The first-order chi connectivity index (χ1) is 11.5. The van der Waals surface area contributed by atoms with E-state index in [-0.39, 0.29) is 6.04 Å². The summed E-state index contributed by atoms with van der Waals surface area (Å²) in [6, 6.07) is 5.59. The van der Waals surface area contributed by atoms with Crippen LogP contribution in [-0.4, -0.2) is 31.0 Å². The number of nitrogens with one attached hydrogen (secondary N) is 1. The molecule has 8 nitrogen and oxygen atoms in total. The number of benzene rings is 1. The number of H-pyrrole nitrogens is 1. The van der Waals surface area contributed by atoms with Crippen LogP contribution < -0.4 is 0 Å². The van der Waals surface area contributed by atoms with Crippen LogP contribution in [0, 0.1) is 0 Å². The highest BCUT2D eigenvalue weighted by molar-refractivity contribution is 5.65. The Morgan fingerprint density at radius 1 is 1.29 bits per heavy atom. The molecule has 0 bridgehead atoms. The second-order valence-electron chi connectivity index (χ2n) is 6.43. The molecule has 8 heteroatoms. The van der Waals surface area contributed by atoms with Gasteiger partial charge in [0.2, 0.25) is 5.82 Å². The third kappa shape index (κ3) is 2.71. The fourth-order valence-corrected chi connectivity index (χ4v) is 2.69. The van der Waals surface area contributed by atoms with Crippen LogP contribution in [0.4, 0.5) is 5.69 Å². The second kappa shape index (κ2) is 5.34. The van der Waals surface area contributed by atoms with Gasteiger partial charge < -0.3 is 9.63 Å². The maximum Gasteiger partial charge on any atom is 0.258 e. The molecule has 0 spiro atoms. The SMILES string of the molecule is CC(C)(O)CC1N=Nc2cc(-c3nc(-c4cn[nH]c4)no3)ccc21. The first kappa shape index (κ1) is 14.7. The molecular formula is C16H16N6O2. The highest BCUT2D eigenvalue weighted by Crippen LogP contribution is 2.41. The number of rotatable bonds is 4. The van der Waals surface area contributed by atoms with Crippen molar-refractivity contribution in [2.45, 2.75) is 31.9 Å². The zero-order valence-electron chi connectivity index (χ0n) is 13.3. The average molecular weight is 324 g/mol. The topological polar surface area (TPSA) is 113 Å². The van der Waals surface area contributed by atoms with Gasteiger partial charge in [0.05, 0.1) is 23.0 Å². The van der Waals surface area contributed by atoms with Crippen molar-refractivity contribution in [1.82, 2.24) is 20.3 Å². The van der Waals surface area contributed by atoms with Gasteiger partial charge in [-0.15, -0.1) is 0 Å². The second-order valence-corrected chi connectivity index (χ2v) is 6.43. The maximum atomic E-state index is 9.99. The number of aromatic amines is 1. The van der Waals surface area contributed by atoms with Crippen molar-refractivity contribution < 1.29 is 9.63 Å². The summed E-state index contributed by atoms with van der Waals surface area (Å²) in [7, 11) is 0. The zero-order valence-corrected chi connectivity index (χ0v) is 13.3. The number of aromatic nitrogens is 4. The Morgan fingerprint density at radius 2 is 2.17 bits per heavy atom. The summed E-state index contributed by atoms with van der Waals surface area (Å²) in [6.45, 7) is 3.54. The molecule has 1 aromatic carbocycles. The van der Waals surface area contributed by atoms with Crippen molar-refractivity contribution >= 4 is 5.69 Å². The van der Waals surface area contributed by atoms with Gasteiger partial charge in [0.15, 0.2) is 0 Å². The lowest BCUT2D eigenvalue weighted by Crippen LogP contribution is -2.20. The molecule has 1 unspecified atom stereocenters. The van der Waals surface area contributed by atoms with Gasteiger partial charge in [0.25, 0.3) is 5.89 Å². The van der Waals surface area contributed by atoms with Crippen molar-refractivity contribution in [3.05, 3.63) is 36.2 Å². The number of nitrogens with zero attached hydrogens (tertiary/aromatic N) is 5. The summed E-state index contributed by atoms with van der Waals surface area (Å²) in [5, 5.41) is 29.0. The number of azo groups is 1. The first-order valence-corrected chi connectivity index (χ1v) is 7.60. The van der Waals surface area contributed by atoms with Crippen molar-refractivity contribution in [3.8, 4) is 22.8 Å². The summed E-state index contributed by atoms with van der Waals surface area (Å²) < 4.78 is 5.33. The Kier molecular flexibility index (Phi) is 3.27. The van der Waals surface area contributed by atoms with E-state index in [1.54, 1.807) is 26.2 Å². The molecular weight excluding hydrogens is 308 g/mol. The summed E-state index contributed by atoms with van der Waals surface area (Å²) in [6.07, 6.45) is 3.85. The van der Waals surface area contributed by atoms with Crippen LogP contribution >= 0.6 is 0 Å². The van der Waals surface area contributed by atoms with Crippen molar-refractivity contribution in [2.75, 3.05) is 0 Å². The van der Waals surface area contributed by atoms with Gasteiger partial charge in [0, 0.05) is 23.7 Å². The molecule has 1 aliphatic heterocycles. The van der Waals surface area contributed by atoms with Gasteiger partial charge in [-0.1, -0.05) is 11.2 Å². The fourth-order valence-electron chi connectivity index (χ4n) is 2.69. The molecule has 24 heavy (non-hydrogen) atoms. The van der Waals surface area contributed by atoms with Crippen LogP contribution in [0.2, 0.25) is 0 Å². The maximum absolute atomic E-state index is 9.99.